The van der Waals surface area contributed by atoms with E-state index in [1.807, 2.05) is 32.0 Å². The molecule has 0 fully saturated rings. The van der Waals surface area contributed by atoms with E-state index >= 15 is 0 Å². The highest BCUT2D eigenvalue weighted by molar-refractivity contribution is 6.35. The molecule has 3 amide bonds. The third-order valence-corrected chi connectivity index (χ3v) is 4.11. The first-order chi connectivity index (χ1) is 14.4. The Bertz CT molecular complexity index is 927. The fraction of sp³-hybridized carbons (Fsp3) is 0.273. The molecule has 8 heteroatoms. The molecule has 0 radical (unpaired) electrons. The first-order valence-corrected chi connectivity index (χ1v) is 9.60. The van der Waals surface area contributed by atoms with E-state index in [2.05, 4.69) is 21.2 Å². The lowest BCUT2D eigenvalue weighted by Crippen LogP contribution is -2.41. The van der Waals surface area contributed by atoms with E-state index in [0.29, 0.717) is 17.0 Å². The number of carbonyl (C=O) groups is 3. The summed E-state index contributed by atoms with van der Waals surface area (Å²) in [6, 6.07) is 14.2. The van der Waals surface area contributed by atoms with E-state index in [1.165, 1.54) is 6.21 Å². The fourth-order valence-electron chi connectivity index (χ4n) is 2.36. The Morgan fingerprint density at radius 3 is 2.60 bits per heavy atom. The van der Waals surface area contributed by atoms with Crippen LogP contribution in [0.25, 0.3) is 0 Å². The second-order valence-electron chi connectivity index (χ2n) is 6.76. The maximum absolute atomic E-state index is 12.0. The predicted octanol–water partition coefficient (Wildman–Crippen LogP) is 2.38. The van der Waals surface area contributed by atoms with E-state index in [-0.39, 0.29) is 18.6 Å². The van der Waals surface area contributed by atoms with Gasteiger partial charge in [0.1, 0.15) is 5.75 Å². The van der Waals surface area contributed by atoms with Crippen LogP contribution in [0.4, 0.5) is 5.69 Å². The number of aryl methyl sites for hydroxylation is 1. The number of hydrazone groups is 1. The Labute approximate surface area is 175 Å². The van der Waals surface area contributed by atoms with Gasteiger partial charge in [0, 0.05) is 11.7 Å². The van der Waals surface area contributed by atoms with E-state index in [1.54, 1.807) is 37.3 Å². The number of hydrogen-bond acceptors (Lipinski definition) is 5. The average Bonchev–Trinajstić information content (AvgIpc) is 2.72. The molecule has 0 saturated heterocycles. The van der Waals surface area contributed by atoms with Gasteiger partial charge in [0.2, 0.25) is 0 Å². The molecule has 0 spiro atoms. The number of ether oxygens (including phenoxy) is 1. The summed E-state index contributed by atoms with van der Waals surface area (Å²) in [4.78, 5) is 35.4. The zero-order valence-corrected chi connectivity index (χ0v) is 17.3. The van der Waals surface area contributed by atoms with Gasteiger partial charge in [-0.2, -0.15) is 5.10 Å². The second-order valence-corrected chi connectivity index (χ2v) is 6.76. The molecular weight excluding hydrogens is 384 g/mol. The molecule has 2 aromatic rings. The van der Waals surface area contributed by atoms with Crippen molar-refractivity contribution in [3.05, 3.63) is 59.7 Å². The molecule has 2 aromatic carbocycles. The average molecular weight is 410 g/mol. The van der Waals surface area contributed by atoms with Crippen LogP contribution in [0.15, 0.2) is 53.6 Å². The number of carbonyl (C=O) groups excluding carboxylic acids is 3. The van der Waals surface area contributed by atoms with Gasteiger partial charge in [0.25, 0.3) is 5.91 Å². The van der Waals surface area contributed by atoms with Crippen molar-refractivity contribution in [1.82, 2.24) is 10.7 Å². The fourth-order valence-corrected chi connectivity index (χ4v) is 2.36. The largest absolute Gasteiger partial charge is 0.484 e. The summed E-state index contributed by atoms with van der Waals surface area (Å²) in [5.41, 5.74) is 4.56. The molecule has 3 N–H and O–H groups in total. The van der Waals surface area contributed by atoms with Crippen LogP contribution in [0.1, 0.15) is 31.4 Å². The van der Waals surface area contributed by atoms with Crippen molar-refractivity contribution in [2.24, 2.45) is 5.10 Å². The highest BCUT2D eigenvalue weighted by Gasteiger charge is 2.14. The molecule has 0 aliphatic carbocycles. The van der Waals surface area contributed by atoms with Gasteiger partial charge >= 0.3 is 11.8 Å². The van der Waals surface area contributed by atoms with Crippen LogP contribution in [0, 0.1) is 6.92 Å². The molecule has 0 aliphatic rings. The van der Waals surface area contributed by atoms with Crippen molar-refractivity contribution in [3.8, 4) is 5.75 Å². The molecule has 1 atom stereocenters. The molecule has 8 nitrogen and oxygen atoms in total. The Kier molecular flexibility index (Phi) is 8.56. The molecule has 0 saturated carbocycles. The zero-order valence-electron chi connectivity index (χ0n) is 17.3. The summed E-state index contributed by atoms with van der Waals surface area (Å²) in [7, 11) is 0. The summed E-state index contributed by atoms with van der Waals surface area (Å²) in [6.07, 6.45) is 2.10. The van der Waals surface area contributed by atoms with Crippen LogP contribution >= 0.6 is 0 Å². The van der Waals surface area contributed by atoms with E-state index < -0.39 is 11.8 Å². The van der Waals surface area contributed by atoms with Gasteiger partial charge in [-0.15, -0.1) is 0 Å². The molecule has 30 heavy (non-hydrogen) atoms. The SMILES string of the molecule is CC[C@@H](C)NC(=O)C(=O)N/N=C\c1cccc(OCC(=O)Nc2cccc(C)c2)c1. The minimum Gasteiger partial charge on any atom is -0.484 e. The monoisotopic (exact) mass is 410 g/mol. The zero-order chi connectivity index (χ0) is 21.9. The van der Waals surface area contributed by atoms with Crippen molar-refractivity contribution in [3.63, 3.8) is 0 Å². The normalized spacial score (nSPS) is 11.6. The standard InChI is InChI=1S/C22H26N4O4/c1-4-16(3)24-21(28)22(29)26-23-13-17-8-6-10-19(12-17)30-14-20(27)25-18-9-5-7-15(2)11-18/h5-13,16H,4,14H2,1-3H3,(H,24,28)(H,25,27)(H,26,29)/b23-13-/t16-/m1/s1. The number of nitrogens with zero attached hydrogens (tertiary/aromatic N) is 1. The van der Waals surface area contributed by atoms with Gasteiger partial charge in [-0.1, -0.05) is 31.2 Å². The van der Waals surface area contributed by atoms with Crippen LogP contribution in [0.3, 0.4) is 0 Å². The van der Waals surface area contributed by atoms with Crippen molar-refractivity contribution in [1.29, 1.82) is 0 Å². The van der Waals surface area contributed by atoms with E-state index in [9.17, 15) is 14.4 Å². The molecular formula is C22H26N4O4. The number of anilines is 1. The lowest BCUT2D eigenvalue weighted by molar-refractivity contribution is -0.139. The minimum absolute atomic E-state index is 0.0934. The van der Waals surface area contributed by atoms with Gasteiger partial charge in [0.05, 0.1) is 6.21 Å². The van der Waals surface area contributed by atoms with Gasteiger partial charge in [-0.25, -0.2) is 5.43 Å². The number of hydrogen-bond donors (Lipinski definition) is 3. The topological polar surface area (TPSA) is 109 Å². The molecule has 0 bridgehead atoms. The molecule has 0 aliphatic heterocycles. The summed E-state index contributed by atoms with van der Waals surface area (Å²) in [6.45, 7) is 5.50. The van der Waals surface area contributed by atoms with E-state index in [0.717, 1.165) is 12.0 Å². The highest BCUT2D eigenvalue weighted by Crippen LogP contribution is 2.13. The maximum Gasteiger partial charge on any atom is 0.329 e. The summed E-state index contributed by atoms with van der Waals surface area (Å²) >= 11 is 0. The number of rotatable bonds is 8. The highest BCUT2D eigenvalue weighted by atomic mass is 16.5. The Morgan fingerprint density at radius 2 is 1.87 bits per heavy atom. The smallest absolute Gasteiger partial charge is 0.329 e. The van der Waals surface area contributed by atoms with Crippen LogP contribution in [0.5, 0.6) is 5.75 Å². The molecule has 158 valence electrons. The first kappa shape index (κ1) is 22.6. The quantitative estimate of drug-likeness (QED) is 0.353. The molecule has 0 aromatic heterocycles. The van der Waals surface area contributed by atoms with Gasteiger partial charge in [0.15, 0.2) is 6.61 Å². The summed E-state index contributed by atoms with van der Waals surface area (Å²) < 4.78 is 5.51. The Morgan fingerprint density at radius 1 is 1.10 bits per heavy atom. The van der Waals surface area contributed by atoms with Gasteiger partial charge in [-0.05, 0) is 55.7 Å². The van der Waals surface area contributed by atoms with Crippen LogP contribution < -0.4 is 20.8 Å². The summed E-state index contributed by atoms with van der Waals surface area (Å²) in [5, 5.41) is 9.09. The second kappa shape index (κ2) is 11.4. The van der Waals surface area contributed by atoms with Crippen molar-refractivity contribution < 1.29 is 19.1 Å². The van der Waals surface area contributed by atoms with Crippen LogP contribution in [-0.4, -0.2) is 36.6 Å². The van der Waals surface area contributed by atoms with Gasteiger partial charge < -0.3 is 15.4 Å². The number of nitrogens with one attached hydrogen (secondary N) is 3. The number of amides is 3. The van der Waals surface area contributed by atoms with E-state index in [4.69, 9.17) is 4.74 Å². The summed E-state index contributed by atoms with van der Waals surface area (Å²) in [5.74, 6) is -1.39. The Hall–Kier alpha value is -3.68. The third-order valence-electron chi connectivity index (χ3n) is 4.11. The maximum atomic E-state index is 12.0. The molecule has 0 unspecified atom stereocenters. The van der Waals surface area contributed by atoms with Crippen molar-refractivity contribution in [2.45, 2.75) is 33.2 Å². The van der Waals surface area contributed by atoms with Gasteiger partial charge in [-0.3, -0.25) is 14.4 Å². The van der Waals surface area contributed by atoms with Crippen molar-refractivity contribution >= 4 is 29.6 Å². The lowest BCUT2D eigenvalue weighted by atomic mass is 10.2. The van der Waals surface area contributed by atoms with Crippen molar-refractivity contribution in [2.75, 3.05) is 11.9 Å². The predicted molar refractivity (Wildman–Crippen MR) is 115 cm³/mol. The van der Waals surface area contributed by atoms with Crippen LogP contribution in [0.2, 0.25) is 0 Å². The molecule has 2 rings (SSSR count). The number of benzene rings is 2. The molecule has 0 heterocycles. The minimum atomic E-state index is -0.841. The van der Waals surface area contributed by atoms with Crippen LogP contribution in [-0.2, 0) is 14.4 Å². The first-order valence-electron chi connectivity index (χ1n) is 9.60. The lowest BCUT2D eigenvalue weighted by Gasteiger charge is -2.09. The Balaban J connectivity index is 1.83. The third kappa shape index (κ3) is 7.75.